The maximum Gasteiger partial charge on any atom is 0.267 e. The number of carbonyl (C=O) groups excluding carboxylic acids is 1. The predicted molar refractivity (Wildman–Crippen MR) is 128 cm³/mol. The first-order valence-corrected chi connectivity index (χ1v) is 10.6. The fourth-order valence-corrected chi connectivity index (χ4v) is 4.11. The van der Waals surface area contributed by atoms with Crippen LogP contribution in [0.1, 0.15) is 29.2 Å². The van der Waals surface area contributed by atoms with Crippen molar-refractivity contribution < 1.29 is 9.90 Å². The van der Waals surface area contributed by atoms with Crippen molar-refractivity contribution in [2.75, 3.05) is 0 Å². The summed E-state index contributed by atoms with van der Waals surface area (Å²) in [5.41, 5.74) is 3.32. The van der Waals surface area contributed by atoms with Gasteiger partial charge in [0, 0.05) is 23.4 Å². The first kappa shape index (κ1) is 19.8. The van der Waals surface area contributed by atoms with Gasteiger partial charge in [0.1, 0.15) is 5.75 Å². The van der Waals surface area contributed by atoms with Gasteiger partial charge in [-0.15, -0.1) is 0 Å². The molecule has 0 bridgehead atoms. The van der Waals surface area contributed by atoms with Crippen LogP contribution in [-0.2, 0) is 4.79 Å². The van der Waals surface area contributed by atoms with E-state index in [4.69, 9.17) is 0 Å². The van der Waals surface area contributed by atoms with E-state index < -0.39 is 0 Å². The highest BCUT2D eigenvalue weighted by atomic mass is 16.3. The summed E-state index contributed by atoms with van der Waals surface area (Å²) in [6.07, 6.45) is 3.88. The number of phenolic OH excluding ortho intramolecular Hbond substituents is 1. The summed E-state index contributed by atoms with van der Waals surface area (Å²) in [4.78, 5) is 13.1. The molecule has 4 heteroatoms. The highest BCUT2D eigenvalue weighted by Crippen LogP contribution is 2.37. The molecule has 0 fully saturated rings. The van der Waals surface area contributed by atoms with Crippen molar-refractivity contribution in [2.24, 2.45) is 5.10 Å². The number of aromatic hydroxyl groups is 1. The Balaban J connectivity index is 1.52. The van der Waals surface area contributed by atoms with Crippen LogP contribution in [0, 0.1) is 0 Å². The van der Waals surface area contributed by atoms with Crippen molar-refractivity contribution in [1.29, 1.82) is 0 Å². The Morgan fingerprint density at radius 2 is 1.56 bits per heavy atom. The average molecular weight is 418 g/mol. The first-order valence-electron chi connectivity index (χ1n) is 10.6. The zero-order chi connectivity index (χ0) is 21.9. The number of carbonyl (C=O) groups is 1. The molecule has 0 saturated heterocycles. The lowest BCUT2D eigenvalue weighted by atomic mass is 9.96. The Kier molecular flexibility index (Phi) is 5.26. The van der Waals surface area contributed by atoms with Gasteiger partial charge in [0.15, 0.2) is 0 Å². The Bertz CT molecular complexity index is 1330. The zero-order valence-corrected chi connectivity index (χ0v) is 17.4. The molecule has 0 radical (unpaired) electrons. The molecular weight excluding hydrogens is 396 g/mol. The minimum Gasteiger partial charge on any atom is -0.507 e. The fourth-order valence-electron chi connectivity index (χ4n) is 4.11. The summed E-state index contributed by atoms with van der Waals surface area (Å²) in [5.74, 6) is 0.000716. The van der Waals surface area contributed by atoms with E-state index in [0.29, 0.717) is 17.7 Å². The first-order chi connectivity index (χ1) is 15.7. The minimum absolute atomic E-state index is 0.196. The van der Waals surface area contributed by atoms with E-state index in [0.717, 1.165) is 21.9 Å². The van der Waals surface area contributed by atoms with Gasteiger partial charge in [-0.1, -0.05) is 91.0 Å². The van der Waals surface area contributed by atoms with E-state index in [-0.39, 0.29) is 17.7 Å². The topological polar surface area (TPSA) is 52.9 Å². The third-order valence-electron chi connectivity index (χ3n) is 5.75. The predicted octanol–water partition coefficient (Wildman–Crippen LogP) is 5.94. The number of hydrogen-bond donors (Lipinski definition) is 1. The van der Waals surface area contributed by atoms with Crippen molar-refractivity contribution in [3.05, 3.63) is 120 Å². The number of benzene rings is 4. The summed E-state index contributed by atoms with van der Waals surface area (Å²) < 4.78 is 0. The molecule has 1 aliphatic rings. The third kappa shape index (κ3) is 3.79. The quantitative estimate of drug-likeness (QED) is 0.417. The van der Waals surface area contributed by atoms with Crippen LogP contribution in [0.2, 0.25) is 0 Å². The second-order valence-electron chi connectivity index (χ2n) is 7.79. The maximum atomic E-state index is 13.1. The molecule has 4 aromatic rings. The number of hydrazone groups is 1. The van der Waals surface area contributed by atoms with E-state index in [2.05, 4.69) is 5.10 Å². The van der Waals surface area contributed by atoms with Crippen molar-refractivity contribution in [3.63, 3.8) is 0 Å². The summed E-state index contributed by atoms with van der Waals surface area (Å²) in [5, 5.41) is 18.9. The maximum absolute atomic E-state index is 13.1. The van der Waals surface area contributed by atoms with E-state index in [1.807, 2.05) is 97.1 Å². The molecule has 1 heterocycles. The summed E-state index contributed by atoms with van der Waals surface area (Å²) in [6, 6.07) is 30.9. The van der Waals surface area contributed by atoms with Crippen molar-refractivity contribution in [1.82, 2.24) is 5.01 Å². The van der Waals surface area contributed by atoms with Crippen LogP contribution in [0.25, 0.3) is 16.8 Å². The average Bonchev–Trinajstić information content (AvgIpc) is 3.29. The largest absolute Gasteiger partial charge is 0.507 e. The molecule has 1 atom stereocenters. The van der Waals surface area contributed by atoms with E-state index >= 15 is 0 Å². The molecule has 0 unspecified atom stereocenters. The molecule has 0 spiro atoms. The number of amides is 1. The second-order valence-corrected chi connectivity index (χ2v) is 7.79. The third-order valence-corrected chi connectivity index (χ3v) is 5.75. The fraction of sp³-hybridized carbons (Fsp3) is 0.0714. The van der Waals surface area contributed by atoms with Gasteiger partial charge in [0.25, 0.3) is 5.91 Å². The van der Waals surface area contributed by atoms with Crippen LogP contribution >= 0.6 is 0 Å². The smallest absolute Gasteiger partial charge is 0.267 e. The molecule has 1 amide bonds. The van der Waals surface area contributed by atoms with Crippen LogP contribution in [0.5, 0.6) is 5.75 Å². The molecule has 156 valence electrons. The lowest BCUT2D eigenvalue weighted by Crippen LogP contribution is -2.25. The number of fused-ring (bicyclic) bond motifs is 1. The van der Waals surface area contributed by atoms with Crippen molar-refractivity contribution >= 4 is 28.5 Å². The molecule has 5 rings (SSSR count). The Morgan fingerprint density at radius 3 is 2.34 bits per heavy atom. The van der Waals surface area contributed by atoms with Gasteiger partial charge in [-0.25, -0.2) is 5.01 Å². The lowest BCUT2D eigenvalue weighted by molar-refractivity contribution is -0.127. The van der Waals surface area contributed by atoms with Crippen LogP contribution in [0.15, 0.2) is 108 Å². The second kappa shape index (κ2) is 8.52. The number of phenols is 1. The zero-order valence-electron chi connectivity index (χ0n) is 17.4. The number of hydrogen-bond acceptors (Lipinski definition) is 3. The molecule has 4 aromatic carbocycles. The molecule has 0 aliphatic carbocycles. The highest BCUT2D eigenvalue weighted by molar-refractivity contribution is 6.09. The number of rotatable bonds is 4. The molecule has 1 N–H and O–H groups in total. The molecule has 1 aliphatic heterocycles. The van der Waals surface area contributed by atoms with Gasteiger partial charge in [-0.3, -0.25) is 4.79 Å². The van der Waals surface area contributed by atoms with Gasteiger partial charge in [0.2, 0.25) is 0 Å². The standard InChI is InChI=1S/C28H22N2O2/c31-27(18-15-20-9-3-1-4-10-20)30-26(22-12-5-2-6-13-22)19-25(29-30)24-17-16-21-11-7-8-14-23(21)28(24)32/h1-18,26,32H,19H2/b18-15+/t26-/m0/s1. The lowest BCUT2D eigenvalue weighted by Gasteiger charge is -2.20. The summed E-state index contributed by atoms with van der Waals surface area (Å²) in [6.45, 7) is 0. The molecule has 0 saturated carbocycles. The van der Waals surface area contributed by atoms with E-state index in [9.17, 15) is 9.90 Å². The van der Waals surface area contributed by atoms with Gasteiger partial charge in [-0.05, 0) is 28.7 Å². The SMILES string of the molecule is O=C(/C=C/c1ccccc1)N1N=C(c2ccc3ccccc3c2O)C[C@H]1c1ccccc1. The monoisotopic (exact) mass is 418 g/mol. The minimum atomic E-state index is -0.231. The van der Waals surface area contributed by atoms with Gasteiger partial charge >= 0.3 is 0 Å². The normalized spacial score (nSPS) is 15.9. The molecule has 32 heavy (non-hydrogen) atoms. The van der Waals surface area contributed by atoms with E-state index in [1.165, 1.54) is 5.01 Å². The Hall–Kier alpha value is -4.18. The van der Waals surface area contributed by atoms with Crippen LogP contribution < -0.4 is 0 Å². The van der Waals surface area contributed by atoms with Gasteiger partial charge in [0.05, 0.1) is 11.8 Å². The molecule has 4 nitrogen and oxygen atoms in total. The summed E-state index contributed by atoms with van der Waals surface area (Å²) in [7, 11) is 0. The highest BCUT2D eigenvalue weighted by Gasteiger charge is 2.33. The van der Waals surface area contributed by atoms with E-state index in [1.54, 1.807) is 12.2 Å². The Labute approximate surface area is 186 Å². The van der Waals surface area contributed by atoms with Crippen molar-refractivity contribution in [3.8, 4) is 5.75 Å². The number of nitrogens with zero attached hydrogens (tertiary/aromatic N) is 2. The van der Waals surface area contributed by atoms with Crippen LogP contribution in [-0.4, -0.2) is 21.7 Å². The molecular formula is C28H22N2O2. The summed E-state index contributed by atoms with van der Waals surface area (Å²) >= 11 is 0. The van der Waals surface area contributed by atoms with Crippen LogP contribution in [0.4, 0.5) is 0 Å². The van der Waals surface area contributed by atoms with Crippen molar-refractivity contribution in [2.45, 2.75) is 12.5 Å². The van der Waals surface area contributed by atoms with Gasteiger partial charge < -0.3 is 5.11 Å². The van der Waals surface area contributed by atoms with Crippen LogP contribution in [0.3, 0.4) is 0 Å². The Morgan fingerprint density at radius 1 is 0.875 bits per heavy atom. The molecule has 0 aromatic heterocycles. The van der Waals surface area contributed by atoms with Gasteiger partial charge in [-0.2, -0.15) is 5.10 Å².